The first-order chi connectivity index (χ1) is 10.2. The van der Waals surface area contributed by atoms with Gasteiger partial charge in [0, 0.05) is 0 Å². The van der Waals surface area contributed by atoms with Crippen LogP contribution in [-0.2, 0) is 6.42 Å². The van der Waals surface area contributed by atoms with Gasteiger partial charge >= 0.3 is 0 Å². The second-order valence-electron chi connectivity index (χ2n) is 4.64. The molecule has 0 heterocycles. The lowest BCUT2D eigenvalue weighted by atomic mass is 10.1. The van der Waals surface area contributed by atoms with E-state index in [4.69, 9.17) is 9.47 Å². The standard InChI is InChI=1S/C18H20O3/c1-3-14-9-11-15(12-10-14)21-13-17(19)16-7-5-6-8-18(16)20-4-2/h5-12H,3-4,13H2,1-2H3. The smallest absolute Gasteiger partial charge is 0.203 e. The molecule has 0 unspecified atom stereocenters. The van der Waals surface area contributed by atoms with Gasteiger partial charge in [-0.2, -0.15) is 0 Å². The fourth-order valence-electron chi connectivity index (χ4n) is 2.03. The van der Waals surface area contributed by atoms with Crippen molar-refractivity contribution >= 4 is 5.78 Å². The van der Waals surface area contributed by atoms with Gasteiger partial charge in [0.15, 0.2) is 6.61 Å². The first-order valence-electron chi connectivity index (χ1n) is 7.21. The molecular weight excluding hydrogens is 264 g/mol. The first-order valence-corrected chi connectivity index (χ1v) is 7.21. The van der Waals surface area contributed by atoms with Crippen molar-refractivity contribution in [1.82, 2.24) is 0 Å². The van der Waals surface area contributed by atoms with E-state index in [-0.39, 0.29) is 12.4 Å². The van der Waals surface area contributed by atoms with Gasteiger partial charge in [-0.15, -0.1) is 0 Å². The molecule has 110 valence electrons. The van der Waals surface area contributed by atoms with E-state index >= 15 is 0 Å². The summed E-state index contributed by atoms with van der Waals surface area (Å²) in [6.07, 6.45) is 0.987. The van der Waals surface area contributed by atoms with Crippen LogP contribution >= 0.6 is 0 Å². The molecule has 0 N–H and O–H groups in total. The van der Waals surface area contributed by atoms with Crippen LogP contribution < -0.4 is 9.47 Å². The maximum absolute atomic E-state index is 12.2. The van der Waals surface area contributed by atoms with Gasteiger partial charge < -0.3 is 9.47 Å². The summed E-state index contributed by atoms with van der Waals surface area (Å²) >= 11 is 0. The summed E-state index contributed by atoms with van der Waals surface area (Å²) < 4.78 is 11.0. The number of hydrogen-bond acceptors (Lipinski definition) is 3. The van der Waals surface area contributed by atoms with Crippen molar-refractivity contribution in [2.75, 3.05) is 13.2 Å². The number of Topliss-reactive ketones (excluding diaryl/α,β-unsaturated/α-hetero) is 1. The summed E-state index contributed by atoms with van der Waals surface area (Å²) in [6, 6.07) is 15.0. The van der Waals surface area contributed by atoms with Crippen molar-refractivity contribution < 1.29 is 14.3 Å². The van der Waals surface area contributed by atoms with Crippen molar-refractivity contribution in [2.24, 2.45) is 0 Å². The number of benzene rings is 2. The summed E-state index contributed by atoms with van der Waals surface area (Å²) in [5.41, 5.74) is 1.81. The number of ketones is 1. The summed E-state index contributed by atoms with van der Waals surface area (Å²) in [4.78, 5) is 12.2. The van der Waals surface area contributed by atoms with Gasteiger partial charge in [0.1, 0.15) is 11.5 Å². The number of para-hydroxylation sites is 1. The third-order valence-corrected chi connectivity index (χ3v) is 3.19. The summed E-state index contributed by atoms with van der Waals surface area (Å²) in [7, 11) is 0. The Morgan fingerprint density at radius 2 is 1.67 bits per heavy atom. The summed E-state index contributed by atoms with van der Waals surface area (Å²) in [5, 5.41) is 0. The van der Waals surface area contributed by atoms with Crippen LogP contribution in [0.15, 0.2) is 48.5 Å². The zero-order valence-corrected chi connectivity index (χ0v) is 12.5. The molecule has 3 nitrogen and oxygen atoms in total. The lowest BCUT2D eigenvalue weighted by Gasteiger charge is -2.10. The van der Waals surface area contributed by atoms with Gasteiger partial charge in [0.2, 0.25) is 5.78 Å². The van der Waals surface area contributed by atoms with E-state index in [0.717, 1.165) is 6.42 Å². The van der Waals surface area contributed by atoms with E-state index in [2.05, 4.69) is 6.92 Å². The number of carbonyl (C=O) groups excluding carboxylic acids is 1. The highest BCUT2D eigenvalue weighted by Gasteiger charge is 2.12. The van der Waals surface area contributed by atoms with Gasteiger partial charge in [-0.05, 0) is 43.2 Å². The molecule has 2 aromatic rings. The quantitative estimate of drug-likeness (QED) is 0.723. The van der Waals surface area contributed by atoms with E-state index in [1.54, 1.807) is 12.1 Å². The van der Waals surface area contributed by atoms with Crippen molar-refractivity contribution in [1.29, 1.82) is 0 Å². The highest BCUT2D eigenvalue weighted by atomic mass is 16.5. The lowest BCUT2D eigenvalue weighted by molar-refractivity contribution is 0.0917. The minimum absolute atomic E-state index is 0.00948. The molecule has 21 heavy (non-hydrogen) atoms. The summed E-state index contributed by atoms with van der Waals surface area (Å²) in [6.45, 7) is 4.54. The van der Waals surface area contributed by atoms with E-state index in [9.17, 15) is 4.79 Å². The van der Waals surface area contributed by atoms with Crippen molar-refractivity contribution in [3.05, 3.63) is 59.7 Å². The van der Waals surface area contributed by atoms with Gasteiger partial charge in [-0.3, -0.25) is 4.79 Å². The van der Waals surface area contributed by atoms with Crippen LogP contribution in [0.25, 0.3) is 0 Å². The third kappa shape index (κ3) is 4.09. The lowest BCUT2D eigenvalue weighted by Crippen LogP contribution is -2.13. The zero-order chi connectivity index (χ0) is 15.1. The summed E-state index contributed by atoms with van der Waals surface area (Å²) in [5.74, 6) is 1.22. The molecule has 0 saturated heterocycles. The molecule has 0 bridgehead atoms. The number of ether oxygens (including phenoxy) is 2. The van der Waals surface area contributed by atoms with E-state index < -0.39 is 0 Å². The normalized spacial score (nSPS) is 10.2. The third-order valence-electron chi connectivity index (χ3n) is 3.19. The fourth-order valence-corrected chi connectivity index (χ4v) is 2.03. The molecule has 0 atom stereocenters. The Balaban J connectivity index is 2.01. The number of carbonyl (C=O) groups is 1. The fraction of sp³-hybridized carbons (Fsp3) is 0.278. The second-order valence-corrected chi connectivity index (χ2v) is 4.64. The average molecular weight is 284 g/mol. The molecule has 0 saturated carbocycles. The minimum atomic E-state index is -0.0846. The molecule has 2 aromatic carbocycles. The Kier molecular flexibility index (Phi) is 5.38. The molecule has 0 aromatic heterocycles. The average Bonchev–Trinajstić information content (AvgIpc) is 2.54. The molecule has 0 aliphatic heterocycles. The molecule has 0 radical (unpaired) electrons. The molecule has 0 spiro atoms. The number of aryl methyl sites for hydroxylation is 1. The molecule has 0 aliphatic rings. The zero-order valence-electron chi connectivity index (χ0n) is 12.5. The Hall–Kier alpha value is -2.29. The Morgan fingerprint density at radius 1 is 0.952 bits per heavy atom. The van der Waals surface area contributed by atoms with Gasteiger partial charge in [-0.25, -0.2) is 0 Å². The van der Waals surface area contributed by atoms with Crippen molar-refractivity contribution in [3.63, 3.8) is 0 Å². The Labute approximate surface area is 125 Å². The van der Waals surface area contributed by atoms with Crippen LogP contribution in [0.5, 0.6) is 11.5 Å². The molecular formula is C18H20O3. The van der Waals surface area contributed by atoms with Gasteiger partial charge in [0.25, 0.3) is 0 Å². The van der Waals surface area contributed by atoms with Crippen LogP contribution in [0.2, 0.25) is 0 Å². The predicted molar refractivity (Wildman–Crippen MR) is 83.3 cm³/mol. The molecule has 2 rings (SSSR count). The maximum Gasteiger partial charge on any atom is 0.203 e. The molecule has 0 fully saturated rings. The van der Waals surface area contributed by atoms with Crippen molar-refractivity contribution in [3.8, 4) is 11.5 Å². The molecule has 3 heteroatoms. The SMILES string of the molecule is CCOc1ccccc1C(=O)COc1ccc(CC)cc1. The minimum Gasteiger partial charge on any atom is -0.493 e. The second kappa shape index (κ2) is 7.48. The van der Waals surface area contributed by atoms with E-state index in [1.165, 1.54) is 5.56 Å². The van der Waals surface area contributed by atoms with Gasteiger partial charge in [0.05, 0.1) is 12.2 Å². The molecule has 0 aliphatic carbocycles. The maximum atomic E-state index is 12.2. The first kappa shape index (κ1) is 15.1. The van der Waals surface area contributed by atoms with Crippen LogP contribution in [-0.4, -0.2) is 19.0 Å². The van der Waals surface area contributed by atoms with Crippen LogP contribution in [0, 0.1) is 0 Å². The van der Waals surface area contributed by atoms with Gasteiger partial charge in [-0.1, -0.05) is 31.2 Å². The van der Waals surface area contributed by atoms with Crippen LogP contribution in [0.1, 0.15) is 29.8 Å². The molecule has 0 amide bonds. The Morgan fingerprint density at radius 3 is 2.33 bits per heavy atom. The number of hydrogen-bond donors (Lipinski definition) is 0. The number of rotatable bonds is 7. The van der Waals surface area contributed by atoms with Crippen molar-refractivity contribution in [2.45, 2.75) is 20.3 Å². The van der Waals surface area contributed by atoms with Crippen LogP contribution in [0.4, 0.5) is 0 Å². The van der Waals surface area contributed by atoms with E-state index in [1.807, 2.05) is 43.3 Å². The highest BCUT2D eigenvalue weighted by Crippen LogP contribution is 2.19. The van der Waals surface area contributed by atoms with Crippen LogP contribution in [0.3, 0.4) is 0 Å². The predicted octanol–water partition coefficient (Wildman–Crippen LogP) is 3.91. The van der Waals surface area contributed by atoms with E-state index in [0.29, 0.717) is 23.7 Å². The Bertz CT molecular complexity index is 588. The topological polar surface area (TPSA) is 35.5 Å². The highest BCUT2D eigenvalue weighted by molar-refractivity contribution is 5.99. The largest absolute Gasteiger partial charge is 0.493 e. The monoisotopic (exact) mass is 284 g/mol.